The molecule has 21 heavy (non-hydrogen) atoms. The average molecular weight is 288 g/mol. The summed E-state index contributed by atoms with van der Waals surface area (Å²) in [6.45, 7) is 0. The molecule has 1 aromatic rings. The van der Waals surface area contributed by atoms with Gasteiger partial charge in [-0.05, 0) is 55.7 Å². The van der Waals surface area contributed by atoms with E-state index >= 15 is 0 Å². The van der Waals surface area contributed by atoms with Gasteiger partial charge in [-0.25, -0.2) is 5.43 Å². The van der Waals surface area contributed by atoms with Gasteiger partial charge in [0.1, 0.15) is 0 Å². The quantitative estimate of drug-likeness (QED) is 0.866. The van der Waals surface area contributed by atoms with E-state index in [4.69, 9.17) is 9.47 Å². The van der Waals surface area contributed by atoms with Gasteiger partial charge in [-0.3, -0.25) is 4.79 Å². The largest absolute Gasteiger partial charge is 0.493 e. The second-order valence-corrected chi connectivity index (χ2v) is 5.69. The minimum atomic E-state index is -0.216. The number of hydrogen-bond acceptors (Lipinski definition) is 4. The lowest BCUT2D eigenvalue weighted by atomic mass is 9.99. The van der Waals surface area contributed by atoms with Crippen molar-refractivity contribution in [3.05, 3.63) is 23.8 Å². The second-order valence-electron chi connectivity index (χ2n) is 5.69. The highest BCUT2D eigenvalue weighted by Crippen LogP contribution is 2.42. The summed E-state index contributed by atoms with van der Waals surface area (Å²) in [5.74, 6) is 2.30. The number of benzene rings is 1. The van der Waals surface area contributed by atoms with Crippen LogP contribution in [0.4, 0.5) is 0 Å². The molecule has 1 amide bonds. The fourth-order valence-corrected chi connectivity index (χ4v) is 3.33. The molecule has 112 valence electrons. The Morgan fingerprint density at radius 2 is 2.05 bits per heavy atom. The van der Waals surface area contributed by atoms with Crippen molar-refractivity contribution < 1.29 is 14.3 Å². The number of hydrogen-bond donors (Lipinski definition) is 1. The molecule has 0 aromatic heterocycles. The number of nitrogens with one attached hydrogen (secondary N) is 1. The van der Waals surface area contributed by atoms with Crippen LogP contribution in [0.5, 0.6) is 11.5 Å². The summed E-state index contributed by atoms with van der Waals surface area (Å²) in [5.41, 5.74) is 4.33. The first-order valence-corrected chi connectivity index (χ1v) is 7.30. The van der Waals surface area contributed by atoms with Crippen molar-refractivity contribution in [2.24, 2.45) is 16.9 Å². The monoisotopic (exact) mass is 288 g/mol. The van der Waals surface area contributed by atoms with Gasteiger partial charge >= 0.3 is 0 Å². The summed E-state index contributed by atoms with van der Waals surface area (Å²) in [5, 5.41) is 4.33. The minimum Gasteiger partial charge on any atom is -0.493 e. The molecular formula is C16H20N2O3. The molecule has 3 rings (SSSR count). The van der Waals surface area contributed by atoms with E-state index < -0.39 is 0 Å². The molecule has 0 spiro atoms. The molecule has 1 aromatic carbocycles. The first-order valence-electron chi connectivity index (χ1n) is 7.30. The summed E-state index contributed by atoms with van der Waals surface area (Å²) in [6, 6.07) is 5.09. The van der Waals surface area contributed by atoms with Gasteiger partial charge in [0, 0.05) is 11.3 Å². The van der Waals surface area contributed by atoms with Crippen LogP contribution in [0.25, 0.3) is 0 Å². The summed E-state index contributed by atoms with van der Waals surface area (Å²) >= 11 is 0. The van der Waals surface area contributed by atoms with Crippen LogP contribution in [0.2, 0.25) is 0 Å². The van der Waals surface area contributed by atoms with Crippen LogP contribution in [-0.4, -0.2) is 25.8 Å². The smallest absolute Gasteiger partial charge is 0.271 e. The lowest BCUT2D eigenvalue weighted by Gasteiger charge is -2.12. The number of ether oxygens (including phenoxy) is 2. The van der Waals surface area contributed by atoms with E-state index in [1.807, 2.05) is 0 Å². The highest BCUT2D eigenvalue weighted by Gasteiger charge is 2.36. The van der Waals surface area contributed by atoms with Crippen LogP contribution in [0.1, 0.15) is 36.0 Å². The summed E-state index contributed by atoms with van der Waals surface area (Å²) in [6.07, 6.45) is 4.81. The minimum absolute atomic E-state index is 0.216. The Bertz CT molecular complexity index is 583. The first kappa shape index (κ1) is 13.9. The van der Waals surface area contributed by atoms with Crippen LogP contribution in [-0.2, 0) is 0 Å². The summed E-state index contributed by atoms with van der Waals surface area (Å²) in [4.78, 5) is 12.2. The number of carbonyl (C=O) groups is 1. The Morgan fingerprint density at radius 3 is 2.67 bits per heavy atom. The van der Waals surface area contributed by atoms with Gasteiger partial charge in [0.15, 0.2) is 11.5 Å². The Balaban J connectivity index is 1.69. The van der Waals surface area contributed by atoms with Gasteiger partial charge in [-0.1, -0.05) is 0 Å². The second kappa shape index (κ2) is 5.76. The molecule has 2 aliphatic rings. The number of hydrazone groups is 1. The first-order chi connectivity index (χ1) is 10.2. The molecule has 2 fully saturated rings. The van der Waals surface area contributed by atoms with Gasteiger partial charge in [0.25, 0.3) is 5.91 Å². The van der Waals surface area contributed by atoms with Gasteiger partial charge in [-0.2, -0.15) is 5.10 Å². The van der Waals surface area contributed by atoms with Crippen molar-refractivity contribution in [3.8, 4) is 11.5 Å². The third kappa shape index (κ3) is 2.73. The maximum Gasteiger partial charge on any atom is 0.271 e. The van der Waals surface area contributed by atoms with Crippen molar-refractivity contribution in [1.82, 2.24) is 5.43 Å². The van der Waals surface area contributed by atoms with Gasteiger partial charge in [0.05, 0.1) is 14.2 Å². The van der Waals surface area contributed by atoms with Crippen LogP contribution < -0.4 is 14.9 Å². The molecule has 0 radical (unpaired) electrons. The number of methoxy groups -OCH3 is 2. The zero-order valence-corrected chi connectivity index (χ0v) is 12.4. The number of fused-ring (bicyclic) bond motifs is 2. The van der Waals surface area contributed by atoms with E-state index in [1.54, 1.807) is 32.4 Å². The van der Waals surface area contributed by atoms with Crippen LogP contribution in [0.3, 0.4) is 0 Å². The van der Waals surface area contributed by atoms with Crippen LogP contribution in [0.15, 0.2) is 23.3 Å². The number of amides is 1. The number of carbonyl (C=O) groups excluding carboxylic acids is 1. The van der Waals surface area contributed by atoms with Crippen molar-refractivity contribution in [1.29, 1.82) is 0 Å². The molecule has 5 heteroatoms. The molecular weight excluding hydrogens is 268 g/mol. The zero-order chi connectivity index (χ0) is 14.8. The van der Waals surface area contributed by atoms with E-state index in [0.717, 1.165) is 18.1 Å². The van der Waals surface area contributed by atoms with E-state index in [2.05, 4.69) is 10.5 Å². The van der Waals surface area contributed by atoms with Crippen molar-refractivity contribution in [2.75, 3.05) is 14.2 Å². The molecule has 0 unspecified atom stereocenters. The molecule has 0 heterocycles. The molecule has 0 aliphatic heterocycles. The van der Waals surface area contributed by atoms with Gasteiger partial charge in [-0.15, -0.1) is 0 Å². The summed E-state index contributed by atoms with van der Waals surface area (Å²) in [7, 11) is 3.12. The van der Waals surface area contributed by atoms with E-state index in [9.17, 15) is 4.79 Å². The molecule has 5 nitrogen and oxygen atoms in total. The van der Waals surface area contributed by atoms with E-state index in [0.29, 0.717) is 23.0 Å². The third-order valence-electron chi connectivity index (χ3n) is 4.46. The number of rotatable bonds is 4. The van der Waals surface area contributed by atoms with Crippen LogP contribution in [0, 0.1) is 11.8 Å². The van der Waals surface area contributed by atoms with Gasteiger partial charge < -0.3 is 9.47 Å². The molecule has 2 atom stereocenters. The fourth-order valence-electron chi connectivity index (χ4n) is 3.33. The van der Waals surface area contributed by atoms with Gasteiger partial charge in [0.2, 0.25) is 0 Å². The van der Waals surface area contributed by atoms with E-state index in [1.165, 1.54) is 19.3 Å². The van der Waals surface area contributed by atoms with Crippen LogP contribution >= 0.6 is 0 Å². The Hall–Kier alpha value is -2.04. The number of nitrogens with zero attached hydrogens (tertiary/aromatic N) is 1. The normalized spacial score (nSPS) is 25.1. The highest BCUT2D eigenvalue weighted by atomic mass is 16.5. The lowest BCUT2D eigenvalue weighted by Crippen LogP contribution is -2.22. The van der Waals surface area contributed by atoms with Crippen molar-refractivity contribution in [2.45, 2.75) is 25.7 Å². The molecule has 2 bridgehead atoms. The summed E-state index contributed by atoms with van der Waals surface area (Å²) < 4.78 is 10.4. The zero-order valence-electron chi connectivity index (χ0n) is 12.4. The van der Waals surface area contributed by atoms with E-state index in [-0.39, 0.29) is 5.91 Å². The Labute approximate surface area is 124 Å². The van der Waals surface area contributed by atoms with Crippen molar-refractivity contribution in [3.63, 3.8) is 0 Å². The third-order valence-corrected chi connectivity index (χ3v) is 4.46. The predicted octanol–water partition coefficient (Wildman–Crippen LogP) is 2.61. The average Bonchev–Trinajstić information content (AvgIpc) is 3.14. The topological polar surface area (TPSA) is 59.9 Å². The molecule has 1 N–H and O–H groups in total. The Morgan fingerprint density at radius 1 is 1.24 bits per heavy atom. The standard InChI is InChI=1S/C16H20N2O3/c1-20-14-6-5-12(9-15(14)21-2)16(19)18-17-13-8-10-3-4-11(13)7-10/h5-6,9-11H,3-4,7-8H2,1-2H3,(H,18,19)/b17-13-/t10-,11+/m0/s1. The maximum atomic E-state index is 12.2. The SMILES string of the molecule is COc1ccc(C(=O)N/N=C2/C[C@H]3CC[C@@H]2C3)cc1OC. The highest BCUT2D eigenvalue weighted by molar-refractivity contribution is 5.97. The molecule has 0 saturated heterocycles. The molecule has 2 aliphatic carbocycles. The lowest BCUT2D eigenvalue weighted by molar-refractivity contribution is 0.0954. The Kier molecular flexibility index (Phi) is 3.82. The van der Waals surface area contributed by atoms with Crippen molar-refractivity contribution >= 4 is 11.6 Å². The predicted molar refractivity (Wildman–Crippen MR) is 79.9 cm³/mol. The molecule has 2 saturated carbocycles. The maximum absolute atomic E-state index is 12.2. The fraction of sp³-hybridized carbons (Fsp3) is 0.500.